The molecule has 1 N–H and O–H groups in total. The van der Waals surface area contributed by atoms with E-state index in [1.165, 1.54) is 16.2 Å². The van der Waals surface area contributed by atoms with E-state index in [4.69, 9.17) is 0 Å². The van der Waals surface area contributed by atoms with Crippen LogP contribution in [0.1, 0.15) is 0 Å². The van der Waals surface area contributed by atoms with E-state index >= 15 is 0 Å². The standard InChI is InChI=1S/C17H18N4O2S/c22-24(23,16-6-1-2-8-19-16)21-11-7-14-4-3-5-15(17(14)21)20-12-9-18-10-13-20/h1-8,11,18H,9-10,12-13H2. The number of para-hydroxylation sites is 1. The van der Waals surface area contributed by atoms with Gasteiger partial charge in [0.2, 0.25) is 0 Å². The SMILES string of the molecule is O=S(=O)(c1ccccn1)n1ccc2cccc(N3CCNCC3)c21. The van der Waals surface area contributed by atoms with Gasteiger partial charge in [-0.05, 0) is 24.3 Å². The van der Waals surface area contributed by atoms with Crippen molar-refractivity contribution >= 4 is 26.6 Å². The van der Waals surface area contributed by atoms with Crippen LogP contribution in [0.4, 0.5) is 5.69 Å². The van der Waals surface area contributed by atoms with Crippen LogP contribution in [0.5, 0.6) is 0 Å². The molecule has 0 bridgehead atoms. The first kappa shape index (κ1) is 15.2. The van der Waals surface area contributed by atoms with E-state index in [9.17, 15) is 8.42 Å². The van der Waals surface area contributed by atoms with E-state index in [0.717, 1.165) is 37.3 Å². The van der Waals surface area contributed by atoms with Crippen molar-refractivity contribution < 1.29 is 8.42 Å². The third kappa shape index (κ3) is 2.46. The molecule has 2 aromatic heterocycles. The van der Waals surface area contributed by atoms with Crippen LogP contribution in [0, 0.1) is 0 Å². The third-order valence-corrected chi connectivity index (χ3v) is 5.87. The van der Waals surface area contributed by atoms with Gasteiger partial charge in [0.05, 0.1) is 11.2 Å². The Morgan fingerprint density at radius 3 is 2.58 bits per heavy atom. The average Bonchev–Trinajstić information content (AvgIpc) is 3.08. The lowest BCUT2D eigenvalue weighted by molar-refractivity contribution is 0.583. The highest BCUT2D eigenvalue weighted by Crippen LogP contribution is 2.30. The molecule has 1 aromatic carbocycles. The number of hydrogen-bond acceptors (Lipinski definition) is 5. The molecule has 0 radical (unpaired) electrons. The van der Waals surface area contributed by atoms with Gasteiger partial charge in [-0.15, -0.1) is 0 Å². The average molecular weight is 342 g/mol. The fourth-order valence-corrected chi connectivity index (χ4v) is 4.41. The summed E-state index contributed by atoms with van der Waals surface area (Å²) >= 11 is 0. The predicted octanol–water partition coefficient (Wildman–Crippen LogP) is 1.68. The third-order valence-electron chi connectivity index (χ3n) is 4.27. The Bertz CT molecular complexity index is 961. The lowest BCUT2D eigenvalue weighted by Gasteiger charge is -2.30. The molecule has 1 fully saturated rings. The van der Waals surface area contributed by atoms with Crippen LogP contribution in [-0.2, 0) is 10.0 Å². The topological polar surface area (TPSA) is 67.2 Å². The first-order chi connectivity index (χ1) is 11.7. The number of rotatable bonds is 3. The summed E-state index contributed by atoms with van der Waals surface area (Å²) in [5.74, 6) is 0. The van der Waals surface area contributed by atoms with E-state index in [1.807, 2.05) is 24.3 Å². The number of nitrogens with one attached hydrogen (secondary N) is 1. The van der Waals surface area contributed by atoms with Gasteiger partial charge >= 0.3 is 0 Å². The van der Waals surface area contributed by atoms with Gasteiger partial charge < -0.3 is 10.2 Å². The Balaban J connectivity index is 1.91. The smallest absolute Gasteiger partial charge is 0.285 e. The first-order valence-electron chi connectivity index (χ1n) is 7.90. The lowest BCUT2D eigenvalue weighted by Crippen LogP contribution is -2.43. The highest BCUT2D eigenvalue weighted by molar-refractivity contribution is 7.90. The van der Waals surface area contributed by atoms with Crippen molar-refractivity contribution in [2.24, 2.45) is 0 Å². The number of hydrogen-bond donors (Lipinski definition) is 1. The molecule has 24 heavy (non-hydrogen) atoms. The summed E-state index contributed by atoms with van der Waals surface area (Å²) < 4.78 is 27.4. The Labute approximate surface area is 140 Å². The minimum atomic E-state index is -3.72. The zero-order valence-corrected chi connectivity index (χ0v) is 13.9. The molecule has 0 aliphatic carbocycles. The van der Waals surface area contributed by atoms with Crippen molar-refractivity contribution in [1.82, 2.24) is 14.3 Å². The van der Waals surface area contributed by atoms with Gasteiger partial charge in [0, 0.05) is 44.0 Å². The summed E-state index contributed by atoms with van der Waals surface area (Å²) in [5, 5.41) is 4.28. The van der Waals surface area contributed by atoms with Crippen molar-refractivity contribution in [3.63, 3.8) is 0 Å². The Morgan fingerprint density at radius 1 is 1.00 bits per heavy atom. The fourth-order valence-electron chi connectivity index (χ4n) is 3.11. The zero-order chi connectivity index (χ0) is 16.6. The minimum Gasteiger partial charge on any atom is -0.367 e. The second-order valence-corrected chi connectivity index (χ2v) is 7.50. The largest absolute Gasteiger partial charge is 0.367 e. The Kier molecular flexibility index (Phi) is 3.74. The number of pyridine rings is 1. The fraction of sp³-hybridized carbons (Fsp3) is 0.235. The minimum absolute atomic E-state index is 0.0533. The van der Waals surface area contributed by atoms with Crippen LogP contribution in [-0.4, -0.2) is 43.6 Å². The van der Waals surface area contributed by atoms with Crippen LogP contribution in [0.15, 0.2) is 59.9 Å². The molecule has 3 aromatic rings. The normalized spacial score (nSPS) is 15.8. The molecule has 1 saturated heterocycles. The summed E-state index contributed by atoms with van der Waals surface area (Å²) in [4.78, 5) is 6.25. The number of benzene rings is 1. The second-order valence-electron chi connectivity index (χ2n) is 5.74. The van der Waals surface area contributed by atoms with Crippen molar-refractivity contribution in [3.05, 3.63) is 54.9 Å². The summed E-state index contributed by atoms with van der Waals surface area (Å²) in [5.41, 5.74) is 1.66. The molecule has 4 rings (SSSR count). The van der Waals surface area contributed by atoms with Crippen molar-refractivity contribution in [1.29, 1.82) is 0 Å². The van der Waals surface area contributed by atoms with Crippen molar-refractivity contribution in [2.75, 3.05) is 31.1 Å². The maximum Gasteiger partial charge on any atom is 0.285 e. The Hall–Kier alpha value is -2.38. The lowest BCUT2D eigenvalue weighted by atomic mass is 10.2. The van der Waals surface area contributed by atoms with Crippen LogP contribution < -0.4 is 10.2 Å². The summed E-state index contributed by atoms with van der Waals surface area (Å²) in [6.45, 7) is 3.50. The van der Waals surface area contributed by atoms with E-state index in [2.05, 4.69) is 15.2 Å². The molecule has 0 saturated carbocycles. The van der Waals surface area contributed by atoms with Crippen LogP contribution in [0.2, 0.25) is 0 Å². The number of nitrogens with zero attached hydrogens (tertiary/aromatic N) is 3. The van der Waals surface area contributed by atoms with Crippen LogP contribution >= 0.6 is 0 Å². The second kappa shape index (κ2) is 5.92. The molecule has 0 amide bonds. The summed E-state index contributed by atoms with van der Waals surface area (Å²) in [6.07, 6.45) is 3.11. The molecule has 1 aliphatic heterocycles. The Morgan fingerprint density at radius 2 is 1.83 bits per heavy atom. The highest BCUT2D eigenvalue weighted by atomic mass is 32.2. The predicted molar refractivity (Wildman–Crippen MR) is 93.8 cm³/mol. The van der Waals surface area contributed by atoms with E-state index in [0.29, 0.717) is 5.52 Å². The van der Waals surface area contributed by atoms with Crippen LogP contribution in [0.25, 0.3) is 10.9 Å². The molecule has 0 spiro atoms. The van der Waals surface area contributed by atoms with Gasteiger partial charge in [0.15, 0.2) is 5.03 Å². The molecule has 7 heteroatoms. The molecule has 0 atom stereocenters. The van der Waals surface area contributed by atoms with Gasteiger partial charge in [0.25, 0.3) is 10.0 Å². The number of piperazine rings is 1. The van der Waals surface area contributed by atoms with E-state index in [-0.39, 0.29) is 5.03 Å². The van der Waals surface area contributed by atoms with Gasteiger partial charge in [0.1, 0.15) is 0 Å². The van der Waals surface area contributed by atoms with Gasteiger partial charge in [-0.1, -0.05) is 18.2 Å². The quantitative estimate of drug-likeness (QED) is 0.784. The monoisotopic (exact) mass is 342 g/mol. The molecular formula is C17H18N4O2S. The number of anilines is 1. The molecular weight excluding hydrogens is 324 g/mol. The van der Waals surface area contributed by atoms with Crippen molar-refractivity contribution in [3.8, 4) is 0 Å². The highest BCUT2D eigenvalue weighted by Gasteiger charge is 2.23. The van der Waals surface area contributed by atoms with E-state index in [1.54, 1.807) is 18.3 Å². The maximum atomic E-state index is 13.0. The van der Waals surface area contributed by atoms with Gasteiger partial charge in [-0.25, -0.2) is 8.96 Å². The molecule has 6 nitrogen and oxygen atoms in total. The van der Waals surface area contributed by atoms with Crippen LogP contribution in [0.3, 0.4) is 0 Å². The van der Waals surface area contributed by atoms with Crippen molar-refractivity contribution in [2.45, 2.75) is 5.03 Å². The maximum absolute atomic E-state index is 13.0. The molecule has 0 unspecified atom stereocenters. The molecule has 3 heterocycles. The van der Waals surface area contributed by atoms with Gasteiger partial charge in [-0.2, -0.15) is 8.42 Å². The molecule has 124 valence electrons. The number of fused-ring (bicyclic) bond motifs is 1. The zero-order valence-electron chi connectivity index (χ0n) is 13.1. The number of aromatic nitrogens is 2. The first-order valence-corrected chi connectivity index (χ1v) is 9.34. The summed E-state index contributed by atoms with van der Waals surface area (Å²) in [6, 6.07) is 12.6. The van der Waals surface area contributed by atoms with E-state index < -0.39 is 10.0 Å². The summed E-state index contributed by atoms with van der Waals surface area (Å²) in [7, 11) is -3.72. The van der Waals surface area contributed by atoms with Gasteiger partial charge in [-0.3, -0.25) is 0 Å². The molecule has 1 aliphatic rings.